The number of nitrogens with one attached hydrogen (secondary N) is 1. The first-order valence-corrected chi connectivity index (χ1v) is 6.62. The van der Waals surface area contributed by atoms with E-state index in [0.717, 1.165) is 24.1 Å². The van der Waals surface area contributed by atoms with E-state index in [1.165, 1.54) is 5.69 Å². The van der Waals surface area contributed by atoms with Gasteiger partial charge in [0.25, 0.3) is 0 Å². The summed E-state index contributed by atoms with van der Waals surface area (Å²) in [5.74, 6) is 0.662. The van der Waals surface area contributed by atoms with Gasteiger partial charge in [0.15, 0.2) is 10.9 Å². The van der Waals surface area contributed by atoms with Crippen LogP contribution in [0.1, 0.15) is 25.6 Å². The van der Waals surface area contributed by atoms with Gasteiger partial charge in [0.1, 0.15) is 5.65 Å². The molecule has 1 aliphatic rings. The molecule has 3 heterocycles. The summed E-state index contributed by atoms with van der Waals surface area (Å²) in [6, 6.07) is 4.53. The fraction of sp³-hybridized carbons (Fsp3) is 0.462. The molecule has 2 aromatic rings. The van der Waals surface area contributed by atoms with E-state index in [9.17, 15) is 0 Å². The third kappa shape index (κ3) is 1.76. The van der Waals surface area contributed by atoms with Crippen LogP contribution in [0.25, 0.3) is 11.0 Å². The summed E-state index contributed by atoms with van der Waals surface area (Å²) in [5, 5.41) is 4.93. The fourth-order valence-corrected chi connectivity index (χ4v) is 2.74. The number of nitrogens with zero attached hydrogens (tertiary/aromatic N) is 2. The highest BCUT2D eigenvalue weighted by Crippen LogP contribution is 2.31. The molecule has 1 atom stereocenters. The Morgan fingerprint density at radius 2 is 2.39 bits per heavy atom. The van der Waals surface area contributed by atoms with Crippen molar-refractivity contribution in [2.45, 2.75) is 26.4 Å². The Balaban J connectivity index is 2.20. The van der Waals surface area contributed by atoms with Gasteiger partial charge in [0, 0.05) is 30.2 Å². The molecule has 0 fully saturated rings. The van der Waals surface area contributed by atoms with Gasteiger partial charge in [-0.1, -0.05) is 11.6 Å². The van der Waals surface area contributed by atoms with Gasteiger partial charge in [-0.2, -0.15) is 0 Å². The Morgan fingerprint density at radius 3 is 3.17 bits per heavy atom. The SMILES string of the molecule is CCOc1cc2cc3n(c2nc1Cl)[C@H](C)CNC3. The molecular weight excluding hydrogens is 250 g/mol. The molecule has 0 saturated heterocycles. The third-order valence-corrected chi connectivity index (χ3v) is 3.57. The van der Waals surface area contributed by atoms with Gasteiger partial charge in [-0.15, -0.1) is 0 Å². The van der Waals surface area contributed by atoms with Gasteiger partial charge in [-0.25, -0.2) is 4.98 Å². The second-order valence-electron chi connectivity index (χ2n) is 4.61. The van der Waals surface area contributed by atoms with Gasteiger partial charge < -0.3 is 14.6 Å². The molecule has 0 saturated carbocycles. The lowest BCUT2D eigenvalue weighted by molar-refractivity contribution is 0.339. The van der Waals surface area contributed by atoms with Crippen LogP contribution in [0, 0.1) is 0 Å². The first-order valence-electron chi connectivity index (χ1n) is 6.24. The van der Waals surface area contributed by atoms with Crippen LogP contribution in [0.5, 0.6) is 5.75 Å². The van der Waals surface area contributed by atoms with Crippen molar-refractivity contribution in [2.75, 3.05) is 13.2 Å². The summed E-state index contributed by atoms with van der Waals surface area (Å²) in [7, 11) is 0. The van der Waals surface area contributed by atoms with Crippen molar-refractivity contribution in [3.63, 3.8) is 0 Å². The zero-order valence-corrected chi connectivity index (χ0v) is 11.3. The lowest BCUT2D eigenvalue weighted by atomic mass is 10.2. The lowest BCUT2D eigenvalue weighted by Crippen LogP contribution is -2.31. The lowest BCUT2D eigenvalue weighted by Gasteiger charge is -2.24. The summed E-state index contributed by atoms with van der Waals surface area (Å²) in [6.07, 6.45) is 0. The van der Waals surface area contributed by atoms with Gasteiger partial charge >= 0.3 is 0 Å². The fourth-order valence-electron chi connectivity index (χ4n) is 2.55. The molecular formula is C13H16ClN3O. The molecule has 0 radical (unpaired) electrons. The van der Waals surface area contributed by atoms with Crippen LogP contribution >= 0.6 is 11.6 Å². The molecule has 18 heavy (non-hydrogen) atoms. The van der Waals surface area contributed by atoms with E-state index in [0.29, 0.717) is 23.6 Å². The number of aromatic nitrogens is 2. The minimum atomic E-state index is 0.396. The van der Waals surface area contributed by atoms with E-state index < -0.39 is 0 Å². The van der Waals surface area contributed by atoms with E-state index >= 15 is 0 Å². The van der Waals surface area contributed by atoms with E-state index in [-0.39, 0.29) is 0 Å². The van der Waals surface area contributed by atoms with Crippen LogP contribution in [-0.4, -0.2) is 22.7 Å². The smallest absolute Gasteiger partial charge is 0.173 e. The number of halogens is 1. The molecule has 2 aromatic heterocycles. The molecule has 1 aliphatic heterocycles. The quantitative estimate of drug-likeness (QED) is 0.849. The minimum Gasteiger partial charge on any atom is -0.491 e. The highest BCUT2D eigenvalue weighted by atomic mass is 35.5. The minimum absolute atomic E-state index is 0.396. The van der Waals surface area contributed by atoms with Crippen molar-refractivity contribution in [3.05, 3.63) is 23.0 Å². The second-order valence-corrected chi connectivity index (χ2v) is 4.97. The molecule has 5 heteroatoms. The Morgan fingerprint density at radius 1 is 1.56 bits per heavy atom. The van der Waals surface area contributed by atoms with Crippen LogP contribution in [-0.2, 0) is 6.54 Å². The van der Waals surface area contributed by atoms with Gasteiger partial charge in [0.05, 0.1) is 6.61 Å². The average Bonchev–Trinajstić information content (AvgIpc) is 2.69. The number of pyridine rings is 1. The molecule has 4 nitrogen and oxygen atoms in total. The number of ether oxygens (including phenoxy) is 1. The first-order chi connectivity index (χ1) is 8.70. The summed E-state index contributed by atoms with van der Waals surface area (Å²) < 4.78 is 7.74. The van der Waals surface area contributed by atoms with Crippen LogP contribution in [0.3, 0.4) is 0 Å². The molecule has 0 aliphatic carbocycles. The number of hydrogen-bond acceptors (Lipinski definition) is 3. The maximum atomic E-state index is 6.16. The van der Waals surface area contributed by atoms with E-state index in [1.54, 1.807) is 0 Å². The van der Waals surface area contributed by atoms with Crippen LogP contribution < -0.4 is 10.1 Å². The van der Waals surface area contributed by atoms with Crippen molar-refractivity contribution in [1.29, 1.82) is 0 Å². The third-order valence-electron chi connectivity index (χ3n) is 3.30. The molecule has 0 amide bonds. The monoisotopic (exact) mass is 265 g/mol. The summed E-state index contributed by atoms with van der Waals surface area (Å²) >= 11 is 6.16. The largest absolute Gasteiger partial charge is 0.491 e. The van der Waals surface area contributed by atoms with Crippen LogP contribution in [0.4, 0.5) is 0 Å². The molecule has 0 bridgehead atoms. The maximum absolute atomic E-state index is 6.16. The van der Waals surface area contributed by atoms with Crippen molar-refractivity contribution in [3.8, 4) is 5.75 Å². The second kappa shape index (κ2) is 4.44. The molecule has 0 unspecified atom stereocenters. The Kier molecular flexibility index (Phi) is 2.92. The summed E-state index contributed by atoms with van der Waals surface area (Å²) in [4.78, 5) is 4.49. The average molecular weight is 266 g/mol. The highest BCUT2D eigenvalue weighted by molar-refractivity contribution is 6.31. The van der Waals surface area contributed by atoms with Crippen molar-refractivity contribution in [1.82, 2.24) is 14.9 Å². The highest BCUT2D eigenvalue weighted by Gasteiger charge is 2.20. The first kappa shape index (κ1) is 11.8. The summed E-state index contributed by atoms with van der Waals surface area (Å²) in [6.45, 7) is 6.56. The molecule has 0 spiro atoms. The zero-order valence-electron chi connectivity index (χ0n) is 10.5. The normalized spacial score (nSPS) is 18.9. The Hall–Kier alpha value is -1.26. The van der Waals surface area contributed by atoms with Gasteiger partial charge in [-0.3, -0.25) is 0 Å². The molecule has 1 N–H and O–H groups in total. The standard InChI is InChI=1S/C13H16ClN3O/c1-3-18-11-5-9-4-10-7-15-6-8(2)17(10)13(9)16-12(11)14/h4-5,8,15H,3,6-7H2,1-2H3/t8-/m1/s1. The number of hydrogen-bond donors (Lipinski definition) is 1. The predicted octanol–water partition coefficient (Wildman–Crippen LogP) is 2.75. The summed E-state index contributed by atoms with van der Waals surface area (Å²) in [5.41, 5.74) is 2.20. The van der Waals surface area contributed by atoms with Gasteiger partial charge in [0.2, 0.25) is 0 Å². The topological polar surface area (TPSA) is 39.1 Å². The van der Waals surface area contributed by atoms with Crippen molar-refractivity contribution < 1.29 is 4.74 Å². The van der Waals surface area contributed by atoms with E-state index in [2.05, 4.69) is 27.9 Å². The van der Waals surface area contributed by atoms with Crippen LogP contribution in [0.2, 0.25) is 5.15 Å². The van der Waals surface area contributed by atoms with Crippen LogP contribution in [0.15, 0.2) is 12.1 Å². The predicted molar refractivity (Wildman–Crippen MR) is 72.3 cm³/mol. The van der Waals surface area contributed by atoms with Crippen molar-refractivity contribution in [2.24, 2.45) is 0 Å². The Bertz CT molecular complexity index is 593. The number of fused-ring (bicyclic) bond motifs is 3. The number of rotatable bonds is 2. The van der Waals surface area contributed by atoms with E-state index in [4.69, 9.17) is 16.3 Å². The molecule has 3 rings (SSSR count). The molecule has 0 aromatic carbocycles. The Labute approximate surface area is 111 Å². The van der Waals surface area contributed by atoms with E-state index in [1.807, 2.05) is 13.0 Å². The zero-order chi connectivity index (χ0) is 12.7. The maximum Gasteiger partial charge on any atom is 0.173 e. The molecule has 96 valence electrons. The van der Waals surface area contributed by atoms with Gasteiger partial charge in [-0.05, 0) is 26.0 Å². The van der Waals surface area contributed by atoms with Crippen molar-refractivity contribution >= 4 is 22.6 Å².